The van der Waals surface area contributed by atoms with E-state index in [1.165, 1.54) is 0 Å². The van der Waals surface area contributed by atoms with Crippen molar-refractivity contribution < 1.29 is 5.11 Å². The summed E-state index contributed by atoms with van der Waals surface area (Å²) in [5.74, 6) is 0. The third-order valence-corrected chi connectivity index (χ3v) is 1.37. The molecule has 1 rings (SSSR count). The summed E-state index contributed by atoms with van der Waals surface area (Å²) in [6.07, 6.45) is 0.939. The molecule has 0 aliphatic carbocycles. The maximum Gasteiger partial charge on any atom is 0.110 e. The standard InChI is InChI=1S/C7H11N3O/c1-5-2-6(7(11)3-8)10-9-4-5/h2,4,7,11H,3,8H2,1H3. The number of aromatic nitrogens is 2. The van der Waals surface area contributed by atoms with Crippen molar-refractivity contribution in [1.29, 1.82) is 0 Å². The summed E-state index contributed by atoms with van der Waals surface area (Å²) in [5.41, 5.74) is 6.75. The van der Waals surface area contributed by atoms with Crippen LogP contribution in [0.1, 0.15) is 17.4 Å². The van der Waals surface area contributed by atoms with Crippen molar-refractivity contribution in [3.05, 3.63) is 23.5 Å². The molecule has 4 nitrogen and oxygen atoms in total. The Morgan fingerprint density at radius 3 is 3.00 bits per heavy atom. The van der Waals surface area contributed by atoms with Crippen molar-refractivity contribution in [2.45, 2.75) is 13.0 Å². The molecule has 3 N–H and O–H groups in total. The molecule has 0 bridgehead atoms. The maximum atomic E-state index is 9.23. The van der Waals surface area contributed by atoms with Gasteiger partial charge in [-0.05, 0) is 18.6 Å². The van der Waals surface area contributed by atoms with Gasteiger partial charge in [-0.3, -0.25) is 0 Å². The average molecular weight is 153 g/mol. The third-order valence-electron chi connectivity index (χ3n) is 1.37. The van der Waals surface area contributed by atoms with Crippen molar-refractivity contribution in [2.24, 2.45) is 5.73 Å². The van der Waals surface area contributed by atoms with Crippen LogP contribution < -0.4 is 5.73 Å². The molecule has 60 valence electrons. The van der Waals surface area contributed by atoms with Crippen LogP contribution in [-0.4, -0.2) is 21.8 Å². The van der Waals surface area contributed by atoms with Crippen LogP contribution in [0, 0.1) is 6.92 Å². The van der Waals surface area contributed by atoms with Gasteiger partial charge in [-0.25, -0.2) is 0 Å². The highest BCUT2D eigenvalue weighted by molar-refractivity contribution is 5.12. The zero-order valence-corrected chi connectivity index (χ0v) is 6.36. The molecule has 0 aromatic carbocycles. The van der Waals surface area contributed by atoms with Gasteiger partial charge in [0.05, 0.1) is 11.9 Å². The summed E-state index contributed by atoms with van der Waals surface area (Å²) in [7, 11) is 0. The summed E-state index contributed by atoms with van der Waals surface area (Å²) < 4.78 is 0. The predicted octanol–water partition coefficient (Wildman–Crippen LogP) is -0.223. The molecule has 4 heteroatoms. The molecule has 1 heterocycles. The lowest BCUT2D eigenvalue weighted by atomic mass is 10.2. The van der Waals surface area contributed by atoms with E-state index in [0.717, 1.165) is 5.56 Å². The van der Waals surface area contributed by atoms with Crippen LogP contribution in [0.15, 0.2) is 12.3 Å². The van der Waals surface area contributed by atoms with E-state index >= 15 is 0 Å². The quantitative estimate of drug-likeness (QED) is 0.616. The lowest BCUT2D eigenvalue weighted by Gasteiger charge is -2.05. The van der Waals surface area contributed by atoms with Gasteiger partial charge in [0, 0.05) is 6.54 Å². The number of aliphatic hydroxyl groups is 1. The zero-order valence-electron chi connectivity index (χ0n) is 6.36. The fraction of sp³-hybridized carbons (Fsp3) is 0.429. The van der Waals surface area contributed by atoms with Gasteiger partial charge >= 0.3 is 0 Å². The van der Waals surface area contributed by atoms with Crippen molar-refractivity contribution in [2.75, 3.05) is 6.54 Å². The van der Waals surface area contributed by atoms with Crippen molar-refractivity contribution >= 4 is 0 Å². The molecule has 1 aromatic heterocycles. The molecule has 0 saturated carbocycles. The number of hydrogen-bond donors (Lipinski definition) is 2. The van der Waals surface area contributed by atoms with E-state index in [1.807, 2.05) is 6.92 Å². The molecule has 0 aliphatic rings. The van der Waals surface area contributed by atoms with Gasteiger partial charge < -0.3 is 10.8 Å². The molecule has 0 aliphatic heterocycles. The van der Waals surface area contributed by atoms with E-state index in [1.54, 1.807) is 12.3 Å². The number of nitrogens with two attached hydrogens (primary N) is 1. The number of nitrogens with zero attached hydrogens (tertiary/aromatic N) is 2. The van der Waals surface area contributed by atoms with E-state index < -0.39 is 6.10 Å². The Kier molecular flexibility index (Phi) is 2.51. The van der Waals surface area contributed by atoms with Crippen LogP contribution in [-0.2, 0) is 0 Å². The highest BCUT2D eigenvalue weighted by Gasteiger charge is 2.05. The molecule has 1 aromatic rings. The van der Waals surface area contributed by atoms with Crippen molar-refractivity contribution in [3.8, 4) is 0 Å². The number of aliphatic hydroxyl groups excluding tert-OH is 1. The summed E-state index contributed by atoms with van der Waals surface area (Å²) in [6, 6.07) is 1.77. The second-order valence-electron chi connectivity index (χ2n) is 2.41. The first-order valence-electron chi connectivity index (χ1n) is 3.41. The van der Waals surface area contributed by atoms with Crippen LogP contribution in [0.3, 0.4) is 0 Å². The molecule has 1 unspecified atom stereocenters. The normalized spacial score (nSPS) is 13.0. The first-order valence-corrected chi connectivity index (χ1v) is 3.41. The van der Waals surface area contributed by atoms with Gasteiger partial charge in [0.25, 0.3) is 0 Å². The molecule has 0 radical (unpaired) electrons. The van der Waals surface area contributed by atoms with Gasteiger partial charge in [-0.15, -0.1) is 0 Å². The van der Waals surface area contributed by atoms with E-state index in [9.17, 15) is 5.11 Å². The average Bonchev–Trinajstić information content (AvgIpc) is 2.03. The van der Waals surface area contributed by atoms with Gasteiger partial charge in [-0.1, -0.05) is 0 Å². The smallest absolute Gasteiger partial charge is 0.110 e. The lowest BCUT2D eigenvalue weighted by Crippen LogP contribution is -2.13. The summed E-state index contributed by atoms with van der Waals surface area (Å²) in [5, 5.41) is 16.6. The lowest BCUT2D eigenvalue weighted by molar-refractivity contribution is 0.180. The third kappa shape index (κ3) is 1.96. The van der Waals surface area contributed by atoms with E-state index in [4.69, 9.17) is 5.73 Å². The Balaban J connectivity index is 2.86. The van der Waals surface area contributed by atoms with Gasteiger partial charge in [-0.2, -0.15) is 10.2 Å². The molecular weight excluding hydrogens is 142 g/mol. The number of hydrogen-bond acceptors (Lipinski definition) is 4. The molecule has 0 saturated heterocycles. The van der Waals surface area contributed by atoms with Gasteiger partial charge in [0.1, 0.15) is 6.10 Å². The Labute approximate surface area is 65.1 Å². The topological polar surface area (TPSA) is 72.0 Å². The molecular formula is C7H11N3O. The van der Waals surface area contributed by atoms with Gasteiger partial charge in [0.15, 0.2) is 0 Å². The van der Waals surface area contributed by atoms with E-state index in [2.05, 4.69) is 10.2 Å². The molecule has 0 amide bonds. The summed E-state index contributed by atoms with van der Waals surface area (Å²) in [4.78, 5) is 0. The van der Waals surface area contributed by atoms with Crippen LogP contribution in [0.25, 0.3) is 0 Å². The summed E-state index contributed by atoms with van der Waals surface area (Å²) >= 11 is 0. The summed E-state index contributed by atoms with van der Waals surface area (Å²) in [6.45, 7) is 2.07. The molecule has 1 atom stereocenters. The fourth-order valence-corrected chi connectivity index (χ4v) is 0.770. The van der Waals surface area contributed by atoms with E-state index in [-0.39, 0.29) is 6.54 Å². The largest absolute Gasteiger partial charge is 0.385 e. The fourth-order valence-electron chi connectivity index (χ4n) is 0.770. The second-order valence-corrected chi connectivity index (χ2v) is 2.41. The van der Waals surface area contributed by atoms with E-state index in [0.29, 0.717) is 5.69 Å². The first kappa shape index (κ1) is 8.10. The second kappa shape index (κ2) is 3.41. The molecule has 11 heavy (non-hydrogen) atoms. The highest BCUT2D eigenvalue weighted by atomic mass is 16.3. The Morgan fingerprint density at radius 2 is 2.45 bits per heavy atom. The van der Waals surface area contributed by atoms with Crippen LogP contribution in [0.5, 0.6) is 0 Å². The van der Waals surface area contributed by atoms with Gasteiger partial charge in [0.2, 0.25) is 0 Å². The first-order chi connectivity index (χ1) is 5.24. The minimum atomic E-state index is -0.692. The predicted molar refractivity (Wildman–Crippen MR) is 40.8 cm³/mol. The van der Waals surface area contributed by atoms with Crippen molar-refractivity contribution in [3.63, 3.8) is 0 Å². The van der Waals surface area contributed by atoms with Crippen molar-refractivity contribution in [1.82, 2.24) is 10.2 Å². The minimum absolute atomic E-state index is 0.179. The Morgan fingerprint density at radius 1 is 1.73 bits per heavy atom. The SMILES string of the molecule is Cc1cnnc(C(O)CN)c1. The monoisotopic (exact) mass is 153 g/mol. The number of rotatable bonds is 2. The zero-order chi connectivity index (χ0) is 8.27. The Hall–Kier alpha value is -1.00. The Bertz CT molecular complexity index is 239. The van der Waals surface area contributed by atoms with Crippen LogP contribution in [0.2, 0.25) is 0 Å². The maximum absolute atomic E-state index is 9.23. The van der Waals surface area contributed by atoms with Crippen LogP contribution >= 0.6 is 0 Å². The molecule has 0 fully saturated rings. The minimum Gasteiger partial charge on any atom is -0.385 e. The number of aryl methyl sites for hydroxylation is 1. The highest BCUT2D eigenvalue weighted by Crippen LogP contribution is 2.07. The molecule has 0 spiro atoms. The van der Waals surface area contributed by atoms with Crippen LogP contribution in [0.4, 0.5) is 0 Å².